The molecule has 1 aliphatic carbocycles. The number of anilines is 1. The average molecular weight is 1170 g/mol. The molecular weight excluding hydrogens is 1110 g/mol. The number of halogens is 4. The van der Waals surface area contributed by atoms with Crippen molar-refractivity contribution in [1.29, 1.82) is 0 Å². The number of benzene rings is 4. The highest BCUT2D eigenvalue weighted by atomic mass is 35.5. The minimum Gasteiger partial charge on any atom is -0.619 e. The molecule has 5 aliphatic rings. The summed E-state index contributed by atoms with van der Waals surface area (Å²) < 4.78 is 79.5. The third-order valence-electron chi connectivity index (χ3n) is 13.5. The summed E-state index contributed by atoms with van der Waals surface area (Å²) in [5, 5.41) is 23.0. The number of nitrogens with one attached hydrogen (secondary N) is 2. The van der Waals surface area contributed by atoms with E-state index in [1.54, 1.807) is 23.1 Å². The summed E-state index contributed by atoms with van der Waals surface area (Å²) in [5.41, 5.74) is 2.15. The van der Waals surface area contributed by atoms with Crippen molar-refractivity contribution in [3.05, 3.63) is 153 Å². The summed E-state index contributed by atoms with van der Waals surface area (Å²) in [7, 11) is -4.45. The van der Waals surface area contributed by atoms with E-state index in [0.717, 1.165) is 67.2 Å². The van der Waals surface area contributed by atoms with Gasteiger partial charge in [0.2, 0.25) is 10.0 Å². The molecule has 10 rings (SSSR count). The minimum absolute atomic E-state index is 0.00358. The SMILES string of the molecule is O=C(NCCNC(=O)c1cccc(S(=O)(=O)N2CCS[C@H]2C(=O)O[C@@H](Cc2c(Cl)c[n+]([O-])cc2Cl)c2ccc(OC(F)F)c(OCC3CC3)c2)c1)c1cccc(CN(C(=O)O[C@H]2CN3CCC2CC3)c2ccccc2)c1.O=CO. The number of carbonyl (C=O) groups is 5. The fraction of sp³-hybridized carbons (Fsp3) is 0.370. The van der Waals surface area contributed by atoms with E-state index in [2.05, 4.69) is 15.5 Å². The number of ether oxygens (including phenoxy) is 4. The summed E-state index contributed by atoms with van der Waals surface area (Å²) in [6.45, 7) is -0.369. The molecule has 0 spiro atoms. The van der Waals surface area contributed by atoms with E-state index in [-0.39, 0.29) is 107 Å². The second-order valence-electron chi connectivity index (χ2n) is 18.9. The van der Waals surface area contributed by atoms with Crippen LogP contribution in [0, 0.1) is 17.0 Å². The first-order valence-corrected chi connectivity index (χ1v) is 28.5. The molecule has 25 heteroatoms. The minimum atomic E-state index is -4.45. The third kappa shape index (κ3) is 15.3. The lowest BCUT2D eigenvalue weighted by atomic mass is 9.86. The number of para-hydroxylation sites is 1. The third-order valence-corrected chi connectivity index (χ3v) is 17.4. The number of carbonyl (C=O) groups excluding carboxylic acids is 4. The molecule has 79 heavy (non-hydrogen) atoms. The van der Waals surface area contributed by atoms with Gasteiger partial charge in [-0.05, 0) is 116 Å². The molecule has 4 saturated heterocycles. The monoisotopic (exact) mass is 1170 g/mol. The Balaban J connectivity index is 0.00000268. The second kappa shape index (κ2) is 26.9. The van der Waals surface area contributed by atoms with Crippen molar-refractivity contribution in [2.24, 2.45) is 11.8 Å². The molecule has 19 nitrogen and oxygen atoms in total. The van der Waals surface area contributed by atoms with Crippen LogP contribution in [0.3, 0.4) is 0 Å². The topological polar surface area (TPSA) is 237 Å². The number of aromatic nitrogens is 1. The van der Waals surface area contributed by atoms with Crippen molar-refractivity contribution < 1.29 is 70.0 Å². The molecule has 5 heterocycles. The number of nitrogens with zero attached hydrogens (tertiary/aromatic N) is 4. The summed E-state index contributed by atoms with van der Waals surface area (Å²) in [6, 6.07) is 25.4. The zero-order chi connectivity index (χ0) is 56.2. The normalized spacial score (nSPS) is 19.1. The number of thioether (sulfide) groups is 1. The first-order chi connectivity index (χ1) is 38.0. The largest absolute Gasteiger partial charge is 0.619 e. The van der Waals surface area contributed by atoms with Gasteiger partial charge in [-0.1, -0.05) is 65.7 Å². The maximum Gasteiger partial charge on any atom is 0.414 e. The number of alkyl halides is 2. The quantitative estimate of drug-likeness (QED) is 0.0210. The van der Waals surface area contributed by atoms with Gasteiger partial charge < -0.3 is 39.9 Å². The molecule has 0 radical (unpaired) electrons. The van der Waals surface area contributed by atoms with Crippen molar-refractivity contribution in [3.8, 4) is 11.5 Å². The van der Waals surface area contributed by atoms with Gasteiger partial charge in [-0.2, -0.15) is 17.8 Å². The fourth-order valence-corrected chi connectivity index (χ4v) is 13.0. The maximum absolute atomic E-state index is 14.3. The van der Waals surface area contributed by atoms with Gasteiger partial charge in [0.25, 0.3) is 18.3 Å². The van der Waals surface area contributed by atoms with Crippen LogP contribution in [0.2, 0.25) is 10.0 Å². The Morgan fingerprint density at radius 1 is 0.861 bits per heavy atom. The number of piperidine rings is 3. The first-order valence-electron chi connectivity index (χ1n) is 25.2. The van der Waals surface area contributed by atoms with Gasteiger partial charge in [0.05, 0.1) is 18.0 Å². The zero-order valence-electron chi connectivity index (χ0n) is 42.3. The van der Waals surface area contributed by atoms with Gasteiger partial charge in [0.1, 0.15) is 22.3 Å². The molecule has 3 amide bonds. The van der Waals surface area contributed by atoms with Gasteiger partial charge in [-0.25, -0.2) is 18.0 Å². The molecule has 4 aromatic carbocycles. The Kier molecular flexibility index (Phi) is 19.9. The zero-order valence-corrected chi connectivity index (χ0v) is 45.4. The second-order valence-corrected chi connectivity index (χ2v) is 22.8. The maximum atomic E-state index is 14.3. The van der Waals surface area contributed by atoms with Crippen LogP contribution in [0.5, 0.6) is 11.5 Å². The van der Waals surface area contributed by atoms with Gasteiger partial charge in [0, 0.05) is 60.7 Å². The summed E-state index contributed by atoms with van der Waals surface area (Å²) in [6.07, 6.45) is 3.80. The van der Waals surface area contributed by atoms with Gasteiger partial charge in [-0.15, -0.1) is 11.8 Å². The van der Waals surface area contributed by atoms with E-state index in [9.17, 15) is 41.6 Å². The lowest BCUT2D eigenvalue weighted by molar-refractivity contribution is -0.605. The van der Waals surface area contributed by atoms with Crippen LogP contribution in [0.1, 0.15) is 69.2 Å². The van der Waals surface area contributed by atoms with E-state index in [4.69, 9.17) is 52.1 Å². The van der Waals surface area contributed by atoms with Crippen LogP contribution in [0.25, 0.3) is 0 Å². The number of fused-ring (bicyclic) bond motifs is 3. The lowest BCUT2D eigenvalue weighted by Crippen LogP contribution is -2.53. The van der Waals surface area contributed by atoms with E-state index < -0.39 is 52.0 Å². The Hall–Kier alpha value is -6.76. The Morgan fingerprint density at radius 2 is 1.52 bits per heavy atom. The predicted octanol–water partition coefficient (Wildman–Crippen LogP) is 7.71. The standard InChI is InChI=1S/C53H54Cl2F2N6O11S2.CH2O2/c54-42-29-61(68)30-43(55)41(42)27-45(36-14-15-44(73-52(56)57)46(26-36)71-32-33-12-13-33)72-51(66)50-63(22-23-75-50)76(69,70)40-11-5-8-38(25-40)49(65)59-19-18-58-48(64)37-7-4-6-34(24-37)28-62(39-9-2-1-3-10-39)53(67)74-47-31-60-20-16-35(47)17-21-60;2-1-3/h1-11,14-15,24-26,29-30,33,35,45,47,50,52H,12-13,16-23,27-28,31-32H2,(H,58,64)(H,59,65);1H,(H,2,3)/t45-,47-,50-;/m0./s1. The van der Waals surface area contributed by atoms with Crippen LogP contribution in [-0.4, -0.2) is 123 Å². The highest BCUT2D eigenvalue weighted by Crippen LogP contribution is 2.40. The summed E-state index contributed by atoms with van der Waals surface area (Å²) in [4.78, 5) is 66.6. The molecule has 420 valence electrons. The number of pyridine rings is 1. The summed E-state index contributed by atoms with van der Waals surface area (Å²) >= 11 is 13.9. The fourth-order valence-electron chi connectivity index (χ4n) is 9.34. The molecule has 4 aliphatic heterocycles. The van der Waals surface area contributed by atoms with Gasteiger partial charge in [-0.3, -0.25) is 24.2 Å². The van der Waals surface area contributed by atoms with E-state index >= 15 is 0 Å². The summed E-state index contributed by atoms with van der Waals surface area (Å²) in [5.74, 6) is -1.52. The van der Waals surface area contributed by atoms with Crippen molar-refractivity contribution in [3.63, 3.8) is 0 Å². The molecule has 1 aromatic heterocycles. The number of hydrogen-bond donors (Lipinski definition) is 3. The average Bonchev–Trinajstić information content (AvgIpc) is 4.20. The molecular formula is C54H56Cl2F2N6O13S2. The molecule has 2 bridgehead atoms. The van der Waals surface area contributed by atoms with Crippen LogP contribution in [0.15, 0.2) is 114 Å². The predicted molar refractivity (Wildman–Crippen MR) is 288 cm³/mol. The molecule has 3 N–H and O–H groups in total. The number of hydrogen-bond acceptors (Lipinski definition) is 14. The number of carboxylic acid groups (broad SMARTS) is 1. The van der Waals surface area contributed by atoms with Crippen LogP contribution in [0.4, 0.5) is 19.3 Å². The first kappa shape index (κ1) is 58.4. The highest BCUT2D eigenvalue weighted by Gasteiger charge is 2.43. The Labute approximate surface area is 468 Å². The number of sulfonamides is 1. The molecule has 5 aromatic rings. The molecule has 3 atom stereocenters. The number of esters is 1. The molecule has 1 saturated carbocycles. The van der Waals surface area contributed by atoms with Gasteiger partial charge in [0.15, 0.2) is 29.3 Å². The van der Waals surface area contributed by atoms with Gasteiger partial charge >= 0.3 is 18.7 Å². The number of rotatable bonds is 21. The molecule has 0 unspecified atom stereocenters. The Bertz CT molecular complexity index is 3080. The smallest absolute Gasteiger partial charge is 0.414 e. The van der Waals surface area contributed by atoms with E-state index in [1.807, 2.05) is 36.4 Å². The van der Waals surface area contributed by atoms with Crippen molar-refractivity contribution in [1.82, 2.24) is 19.8 Å². The van der Waals surface area contributed by atoms with E-state index in [0.29, 0.717) is 34.0 Å². The van der Waals surface area contributed by atoms with Crippen LogP contribution >= 0.6 is 35.0 Å². The van der Waals surface area contributed by atoms with Crippen LogP contribution < -0.4 is 29.7 Å². The number of amides is 3. The van der Waals surface area contributed by atoms with Crippen molar-refractivity contribution in [2.75, 3.05) is 56.5 Å². The lowest BCUT2D eigenvalue weighted by Gasteiger charge is -2.44. The van der Waals surface area contributed by atoms with E-state index in [1.165, 1.54) is 42.5 Å². The van der Waals surface area contributed by atoms with Crippen LogP contribution in [-0.2, 0) is 42.1 Å². The van der Waals surface area contributed by atoms with Crippen molar-refractivity contribution >= 4 is 81.0 Å². The highest BCUT2D eigenvalue weighted by molar-refractivity contribution is 8.02. The Morgan fingerprint density at radius 3 is 2.15 bits per heavy atom. The molecule has 5 fully saturated rings. The van der Waals surface area contributed by atoms with Crippen molar-refractivity contribution in [2.45, 2.75) is 67.7 Å².